The van der Waals surface area contributed by atoms with Crippen LogP contribution in [0.2, 0.25) is 0 Å². The summed E-state index contributed by atoms with van der Waals surface area (Å²) in [6.07, 6.45) is 0. The highest BCUT2D eigenvalue weighted by atomic mass is 16.2. The molecule has 1 atom stereocenters. The van der Waals surface area contributed by atoms with Gasteiger partial charge < -0.3 is 10.6 Å². The Morgan fingerprint density at radius 3 is 2.62 bits per heavy atom. The number of fused-ring (bicyclic) bond motifs is 1. The van der Waals surface area contributed by atoms with Crippen LogP contribution in [0.4, 0.5) is 0 Å². The topological polar surface area (TPSA) is 58.2 Å². The number of aryl methyl sites for hydroxylation is 1. The van der Waals surface area contributed by atoms with Gasteiger partial charge in [0.25, 0.3) is 11.8 Å². The highest BCUT2D eigenvalue weighted by Gasteiger charge is 2.30. The number of nitrogens with one attached hydrogen (secondary N) is 2. The Morgan fingerprint density at radius 2 is 1.90 bits per heavy atom. The molecule has 3 rings (SSSR count). The molecule has 0 aliphatic carbocycles. The van der Waals surface area contributed by atoms with Gasteiger partial charge in [-0.15, -0.1) is 0 Å². The summed E-state index contributed by atoms with van der Waals surface area (Å²) in [5.74, 6) is -0.325. The molecule has 1 heterocycles. The van der Waals surface area contributed by atoms with Gasteiger partial charge in [-0.3, -0.25) is 9.59 Å². The van der Waals surface area contributed by atoms with Crippen LogP contribution in [-0.4, -0.2) is 18.9 Å². The van der Waals surface area contributed by atoms with Crippen molar-refractivity contribution in [3.8, 4) is 0 Å². The monoisotopic (exact) mass is 280 g/mol. The molecule has 2 aromatic carbocycles. The first kappa shape index (κ1) is 13.4. The van der Waals surface area contributed by atoms with Gasteiger partial charge in [0.05, 0.1) is 6.04 Å². The molecule has 2 amide bonds. The summed E-state index contributed by atoms with van der Waals surface area (Å²) in [7, 11) is 1.58. The number of hydrogen-bond donors (Lipinski definition) is 2. The summed E-state index contributed by atoms with van der Waals surface area (Å²) in [6.45, 7) is 2.03. The van der Waals surface area contributed by atoms with E-state index in [1.54, 1.807) is 19.2 Å². The fourth-order valence-corrected chi connectivity index (χ4v) is 2.73. The fraction of sp³-hybridized carbons (Fsp3) is 0.176. The van der Waals surface area contributed by atoms with Gasteiger partial charge in [0.1, 0.15) is 0 Å². The van der Waals surface area contributed by atoms with E-state index >= 15 is 0 Å². The van der Waals surface area contributed by atoms with Gasteiger partial charge in [0.2, 0.25) is 0 Å². The van der Waals surface area contributed by atoms with E-state index in [2.05, 4.69) is 10.6 Å². The molecule has 0 aromatic heterocycles. The number of hydrogen-bond acceptors (Lipinski definition) is 2. The zero-order valence-corrected chi connectivity index (χ0v) is 11.9. The first-order chi connectivity index (χ1) is 10.1. The van der Waals surface area contributed by atoms with Crippen LogP contribution in [0.15, 0.2) is 42.5 Å². The van der Waals surface area contributed by atoms with Gasteiger partial charge in [0, 0.05) is 18.2 Å². The summed E-state index contributed by atoms with van der Waals surface area (Å²) in [5, 5.41) is 5.56. The van der Waals surface area contributed by atoms with Crippen molar-refractivity contribution in [3.63, 3.8) is 0 Å². The fourth-order valence-electron chi connectivity index (χ4n) is 2.73. The minimum absolute atomic E-state index is 0.135. The molecule has 1 aliphatic heterocycles. The SMILES string of the molecule is CNC(=O)c1ccc2c(c1)C(=O)NC2c1ccccc1C. The molecule has 1 aliphatic rings. The van der Waals surface area contributed by atoms with E-state index in [0.29, 0.717) is 11.1 Å². The lowest BCUT2D eigenvalue weighted by molar-refractivity contribution is 0.0959. The third-order valence-electron chi connectivity index (χ3n) is 3.87. The largest absolute Gasteiger partial charge is 0.355 e. The second kappa shape index (κ2) is 5.05. The van der Waals surface area contributed by atoms with Crippen molar-refractivity contribution >= 4 is 11.8 Å². The molecule has 0 bridgehead atoms. The van der Waals surface area contributed by atoms with Crippen molar-refractivity contribution in [2.75, 3.05) is 7.05 Å². The van der Waals surface area contributed by atoms with Crippen LogP contribution in [0.3, 0.4) is 0 Å². The Bertz CT molecular complexity index is 737. The average molecular weight is 280 g/mol. The van der Waals surface area contributed by atoms with Gasteiger partial charge in [-0.2, -0.15) is 0 Å². The Labute approximate surface area is 123 Å². The molecule has 2 aromatic rings. The molecule has 4 heteroatoms. The lowest BCUT2D eigenvalue weighted by Crippen LogP contribution is -2.20. The van der Waals surface area contributed by atoms with E-state index in [9.17, 15) is 9.59 Å². The van der Waals surface area contributed by atoms with Crippen molar-refractivity contribution in [2.45, 2.75) is 13.0 Å². The maximum absolute atomic E-state index is 12.2. The zero-order valence-electron chi connectivity index (χ0n) is 11.9. The minimum atomic E-state index is -0.190. The van der Waals surface area contributed by atoms with Gasteiger partial charge in [0.15, 0.2) is 0 Å². The predicted molar refractivity (Wildman–Crippen MR) is 80.3 cm³/mol. The van der Waals surface area contributed by atoms with Gasteiger partial charge in [-0.25, -0.2) is 0 Å². The van der Waals surface area contributed by atoms with Gasteiger partial charge in [-0.05, 0) is 35.7 Å². The number of carbonyl (C=O) groups excluding carboxylic acids is 2. The first-order valence-electron chi connectivity index (χ1n) is 6.84. The minimum Gasteiger partial charge on any atom is -0.355 e. The van der Waals surface area contributed by atoms with Crippen molar-refractivity contribution in [1.29, 1.82) is 0 Å². The smallest absolute Gasteiger partial charge is 0.252 e. The van der Waals surface area contributed by atoms with Gasteiger partial charge >= 0.3 is 0 Å². The van der Waals surface area contributed by atoms with Crippen molar-refractivity contribution in [2.24, 2.45) is 0 Å². The number of carbonyl (C=O) groups is 2. The highest BCUT2D eigenvalue weighted by molar-refractivity contribution is 6.03. The van der Waals surface area contributed by atoms with Gasteiger partial charge in [-0.1, -0.05) is 30.3 Å². The van der Waals surface area contributed by atoms with E-state index < -0.39 is 0 Å². The molecule has 0 saturated carbocycles. The number of amides is 2. The van der Waals surface area contributed by atoms with Crippen LogP contribution < -0.4 is 10.6 Å². The van der Waals surface area contributed by atoms with E-state index in [4.69, 9.17) is 0 Å². The van der Waals surface area contributed by atoms with Crippen LogP contribution in [0, 0.1) is 6.92 Å². The lowest BCUT2D eigenvalue weighted by Gasteiger charge is -2.15. The average Bonchev–Trinajstić information content (AvgIpc) is 2.83. The molecule has 4 nitrogen and oxygen atoms in total. The molecule has 0 spiro atoms. The Kier molecular flexibility index (Phi) is 3.22. The van der Waals surface area contributed by atoms with E-state index in [-0.39, 0.29) is 17.9 Å². The van der Waals surface area contributed by atoms with Crippen molar-refractivity contribution in [1.82, 2.24) is 10.6 Å². The molecule has 0 saturated heterocycles. The molecular weight excluding hydrogens is 264 g/mol. The molecule has 21 heavy (non-hydrogen) atoms. The lowest BCUT2D eigenvalue weighted by atomic mass is 9.94. The third kappa shape index (κ3) is 2.18. The summed E-state index contributed by atoms with van der Waals surface area (Å²) in [6, 6.07) is 13.1. The van der Waals surface area contributed by atoms with E-state index in [1.807, 2.05) is 37.3 Å². The maximum atomic E-state index is 12.2. The molecule has 0 radical (unpaired) electrons. The third-order valence-corrected chi connectivity index (χ3v) is 3.87. The standard InChI is InChI=1S/C17H16N2O2/c1-10-5-3-4-6-12(10)15-13-8-7-11(16(20)18-2)9-14(13)17(21)19-15/h3-9,15H,1-2H3,(H,18,20)(H,19,21). The van der Waals surface area contributed by atoms with E-state index in [0.717, 1.165) is 16.7 Å². The van der Waals surface area contributed by atoms with Crippen LogP contribution in [0.5, 0.6) is 0 Å². The van der Waals surface area contributed by atoms with Crippen LogP contribution >= 0.6 is 0 Å². The summed E-state index contributed by atoms with van der Waals surface area (Å²) >= 11 is 0. The molecule has 1 unspecified atom stereocenters. The van der Waals surface area contributed by atoms with Crippen LogP contribution in [0.25, 0.3) is 0 Å². The number of rotatable bonds is 2. The summed E-state index contributed by atoms with van der Waals surface area (Å²) in [5.41, 5.74) is 4.20. The van der Waals surface area contributed by atoms with Crippen LogP contribution in [-0.2, 0) is 0 Å². The Balaban J connectivity index is 2.07. The second-order valence-electron chi connectivity index (χ2n) is 5.14. The first-order valence-corrected chi connectivity index (χ1v) is 6.84. The summed E-state index contributed by atoms with van der Waals surface area (Å²) in [4.78, 5) is 23.9. The second-order valence-corrected chi connectivity index (χ2v) is 5.14. The van der Waals surface area contributed by atoms with Crippen LogP contribution in [0.1, 0.15) is 43.4 Å². The predicted octanol–water partition coefficient (Wildman–Crippen LogP) is 2.19. The molecule has 0 fully saturated rings. The molecule has 2 N–H and O–H groups in total. The van der Waals surface area contributed by atoms with Crippen molar-refractivity contribution < 1.29 is 9.59 Å². The molecule has 106 valence electrons. The van der Waals surface area contributed by atoms with E-state index in [1.165, 1.54) is 0 Å². The normalized spacial score (nSPS) is 16.3. The summed E-state index contributed by atoms with van der Waals surface area (Å²) < 4.78 is 0. The maximum Gasteiger partial charge on any atom is 0.252 e. The van der Waals surface area contributed by atoms with Crippen molar-refractivity contribution in [3.05, 3.63) is 70.3 Å². The quantitative estimate of drug-likeness (QED) is 0.886. The highest BCUT2D eigenvalue weighted by Crippen LogP contribution is 2.32. The molecular formula is C17H16N2O2. The number of benzene rings is 2. The Hall–Kier alpha value is -2.62. The Morgan fingerprint density at radius 1 is 1.14 bits per heavy atom. The zero-order chi connectivity index (χ0) is 15.0.